The van der Waals surface area contributed by atoms with Gasteiger partial charge in [-0.15, -0.1) is 5.10 Å². The van der Waals surface area contributed by atoms with Crippen LogP contribution in [0.3, 0.4) is 0 Å². The Morgan fingerprint density at radius 3 is 2.94 bits per heavy atom. The van der Waals surface area contributed by atoms with Crippen molar-refractivity contribution in [1.82, 2.24) is 25.2 Å². The molecule has 1 saturated heterocycles. The lowest BCUT2D eigenvalue weighted by atomic mass is 10.1. The summed E-state index contributed by atoms with van der Waals surface area (Å²) in [6.45, 7) is 7.44. The average molecular weight is 428 g/mol. The van der Waals surface area contributed by atoms with Crippen molar-refractivity contribution in [1.29, 1.82) is 0 Å². The number of aliphatic hydroxyl groups excluding tert-OH is 1. The Morgan fingerprint density at radius 2 is 2.16 bits per heavy atom. The Kier molecular flexibility index (Phi) is 6.74. The van der Waals surface area contributed by atoms with E-state index in [1.54, 1.807) is 0 Å². The Bertz CT molecular complexity index is 1090. The summed E-state index contributed by atoms with van der Waals surface area (Å²) in [6.07, 6.45) is 2.88. The van der Waals surface area contributed by atoms with Crippen LogP contribution in [0, 0.1) is 13.8 Å². The number of rotatable bonds is 9. The quantitative estimate of drug-likeness (QED) is 0.452. The van der Waals surface area contributed by atoms with E-state index in [0.717, 1.165) is 52.2 Å². The second kappa shape index (κ2) is 9.67. The predicted octanol–water partition coefficient (Wildman–Crippen LogP) is 0.278. The first-order chi connectivity index (χ1) is 15.0. The van der Waals surface area contributed by atoms with Crippen molar-refractivity contribution in [2.75, 3.05) is 19.8 Å². The molecule has 31 heavy (non-hydrogen) atoms. The van der Waals surface area contributed by atoms with Crippen molar-refractivity contribution in [2.24, 2.45) is 0 Å². The molecule has 1 fully saturated rings. The molecule has 0 bridgehead atoms. The molecule has 4 rings (SSSR count). The highest BCUT2D eigenvalue weighted by Crippen LogP contribution is 2.18. The third-order valence-corrected chi connectivity index (χ3v) is 5.91. The summed E-state index contributed by atoms with van der Waals surface area (Å²) in [5.41, 5.74) is 3.78. The van der Waals surface area contributed by atoms with E-state index < -0.39 is 0 Å². The molecule has 0 spiro atoms. The summed E-state index contributed by atoms with van der Waals surface area (Å²) < 4.78 is 7.53. The summed E-state index contributed by atoms with van der Waals surface area (Å²) >= 11 is 0. The molecule has 1 aliphatic rings. The summed E-state index contributed by atoms with van der Waals surface area (Å²) in [5.74, 6) is 0.771. The Labute approximate surface area is 181 Å². The van der Waals surface area contributed by atoms with Crippen molar-refractivity contribution in [3.63, 3.8) is 0 Å². The second-order valence-electron chi connectivity index (χ2n) is 8.51. The number of aromatic nitrogens is 5. The number of ether oxygens (including phenoxy) is 1. The third-order valence-electron chi connectivity index (χ3n) is 5.91. The minimum Gasteiger partial charge on any atom is -0.396 e. The fraction of sp³-hybridized carbons (Fsp3) is 0.545. The molecule has 1 aliphatic heterocycles. The van der Waals surface area contributed by atoms with Gasteiger partial charge in [0.1, 0.15) is 13.1 Å². The van der Waals surface area contributed by atoms with Gasteiger partial charge in [-0.3, -0.25) is 4.79 Å². The number of aromatic amines is 1. The molecule has 2 aromatic heterocycles. The smallest absolute Gasteiger partial charge is 0.257 e. The van der Waals surface area contributed by atoms with Gasteiger partial charge in [-0.1, -0.05) is 11.6 Å². The van der Waals surface area contributed by atoms with E-state index in [2.05, 4.69) is 39.6 Å². The minimum absolute atomic E-state index is 0.0695. The number of quaternary nitrogens is 1. The van der Waals surface area contributed by atoms with Gasteiger partial charge in [0.2, 0.25) is 5.82 Å². The molecule has 0 amide bonds. The summed E-state index contributed by atoms with van der Waals surface area (Å²) in [6, 6.07) is 6.16. The van der Waals surface area contributed by atoms with E-state index in [1.165, 1.54) is 5.56 Å². The van der Waals surface area contributed by atoms with Crippen LogP contribution in [0.1, 0.15) is 41.8 Å². The topological polar surface area (TPSA) is 110 Å². The Hall–Kier alpha value is -2.62. The van der Waals surface area contributed by atoms with Gasteiger partial charge in [-0.25, -0.2) is 4.68 Å². The van der Waals surface area contributed by atoms with Crippen LogP contribution in [0.25, 0.3) is 10.9 Å². The van der Waals surface area contributed by atoms with E-state index in [9.17, 15) is 9.90 Å². The molecule has 0 saturated carbocycles. The average Bonchev–Trinajstić information content (AvgIpc) is 3.40. The van der Waals surface area contributed by atoms with Gasteiger partial charge < -0.3 is 19.7 Å². The van der Waals surface area contributed by atoms with Crippen LogP contribution >= 0.6 is 0 Å². The van der Waals surface area contributed by atoms with Gasteiger partial charge in [-0.05, 0) is 60.2 Å². The molecule has 3 aromatic rings. The van der Waals surface area contributed by atoms with Gasteiger partial charge in [0.15, 0.2) is 0 Å². The number of H-pyrrole nitrogens is 1. The number of aliphatic hydroxyl groups is 1. The monoisotopic (exact) mass is 427 g/mol. The Morgan fingerprint density at radius 1 is 1.29 bits per heavy atom. The lowest BCUT2D eigenvalue weighted by molar-refractivity contribution is -0.928. The van der Waals surface area contributed by atoms with E-state index >= 15 is 0 Å². The van der Waals surface area contributed by atoms with Crippen molar-refractivity contribution in [3.05, 3.63) is 51.1 Å². The number of nitrogens with zero attached hydrogens (tertiary/aromatic N) is 4. The van der Waals surface area contributed by atoms with Crippen LogP contribution in [0.15, 0.2) is 23.0 Å². The van der Waals surface area contributed by atoms with Gasteiger partial charge in [0.05, 0.1) is 30.3 Å². The highest BCUT2D eigenvalue weighted by molar-refractivity contribution is 5.82. The van der Waals surface area contributed by atoms with Crippen LogP contribution in [-0.2, 0) is 24.4 Å². The van der Waals surface area contributed by atoms with Crippen LogP contribution in [0.5, 0.6) is 0 Å². The summed E-state index contributed by atoms with van der Waals surface area (Å²) in [4.78, 5) is 17.0. The van der Waals surface area contributed by atoms with Gasteiger partial charge >= 0.3 is 0 Å². The zero-order chi connectivity index (χ0) is 21.8. The third kappa shape index (κ3) is 5.17. The number of nitrogens with one attached hydrogen (secondary N) is 2. The fourth-order valence-electron chi connectivity index (χ4n) is 4.40. The maximum atomic E-state index is 12.8. The predicted molar refractivity (Wildman–Crippen MR) is 116 cm³/mol. The number of hydrogen-bond donors (Lipinski definition) is 3. The standard InChI is InChI=1S/C22H30N6O3/c1-15-9-16(2)21-17(10-15)11-18(22(30)23-21)12-27(6-4-7-29)14-20-24-25-26-28(20)13-19-5-3-8-31-19/h9-11,19,29H,3-8,12-14H2,1-2H3,(H,23,30)/p+1/t19-/m0/s1. The summed E-state index contributed by atoms with van der Waals surface area (Å²) in [5, 5.41) is 22.6. The maximum absolute atomic E-state index is 12.8. The zero-order valence-electron chi connectivity index (χ0n) is 18.2. The van der Waals surface area contributed by atoms with Crippen molar-refractivity contribution in [2.45, 2.75) is 58.8 Å². The van der Waals surface area contributed by atoms with Gasteiger partial charge in [0.25, 0.3) is 5.56 Å². The molecule has 0 aliphatic carbocycles. The van der Waals surface area contributed by atoms with Crippen molar-refractivity contribution in [3.8, 4) is 0 Å². The molecule has 1 aromatic carbocycles. The lowest BCUT2D eigenvalue weighted by Gasteiger charge is -2.19. The molecule has 2 atom stereocenters. The normalized spacial score (nSPS) is 17.5. The van der Waals surface area contributed by atoms with E-state index in [1.807, 2.05) is 17.7 Å². The fourth-order valence-corrected chi connectivity index (χ4v) is 4.40. The molecule has 3 N–H and O–H groups in total. The van der Waals surface area contributed by atoms with Crippen LogP contribution in [0.2, 0.25) is 0 Å². The Balaban J connectivity index is 1.56. The number of hydrogen-bond acceptors (Lipinski definition) is 6. The maximum Gasteiger partial charge on any atom is 0.257 e. The number of tetrazole rings is 1. The molecule has 9 heteroatoms. The van der Waals surface area contributed by atoms with Crippen LogP contribution in [0.4, 0.5) is 0 Å². The molecule has 1 unspecified atom stereocenters. The SMILES string of the molecule is Cc1cc(C)c2[nH]c(=O)c(C[NH+](CCCO)Cc3nnnn3C[C@@H]3CCCO3)cc2c1. The minimum atomic E-state index is -0.0695. The van der Waals surface area contributed by atoms with Crippen molar-refractivity contribution < 1.29 is 14.7 Å². The first kappa shape index (κ1) is 21.6. The molecule has 166 valence electrons. The first-order valence-electron chi connectivity index (χ1n) is 11.0. The molecule has 3 heterocycles. The second-order valence-corrected chi connectivity index (χ2v) is 8.51. The number of pyridine rings is 1. The number of benzene rings is 1. The highest BCUT2D eigenvalue weighted by atomic mass is 16.5. The number of aryl methyl sites for hydroxylation is 2. The lowest BCUT2D eigenvalue weighted by Crippen LogP contribution is -3.09. The molecule has 9 nitrogen and oxygen atoms in total. The van der Waals surface area contributed by atoms with E-state index in [-0.39, 0.29) is 18.3 Å². The zero-order valence-corrected chi connectivity index (χ0v) is 18.2. The van der Waals surface area contributed by atoms with E-state index in [4.69, 9.17) is 4.74 Å². The van der Waals surface area contributed by atoms with Crippen molar-refractivity contribution >= 4 is 10.9 Å². The van der Waals surface area contributed by atoms with E-state index in [0.29, 0.717) is 32.6 Å². The number of fused-ring (bicyclic) bond motifs is 1. The summed E-state index contributed by atoms with van der Waals surface area (Å²) in [7, 11) is 0. The first-order valence-corrected chi connectivity index (χ1v) is 11.0. The molecular formula is C22H31N6O3+. The highest BCUT2D eigenvalue weighted by Gasteiger charge is 2.22. The molecule has 0 radical (unpaired) electrons. The van der Waals surface area contributed by atoms with Crippen LogP contribution < -0.4 is 10.5 Å². The molecular weight excluding hydrogens is 396 g/mol. The van der Waals surface area contributed by atoms with Gasteiger partial charge in [0, 0.05) is 19.6 Å². The largest absolute Gasteiger partial charge is 0.396 e. The van der Waals surface area contributed by atoms with Gasteiger partial charge in [-0.2, -0.15) is 0 Å². The van der Waals surface area contributed by atoms with Crippen LogP contribution in [-0.4, -0.2) is 56.2 Å².